The van der Waals surface area contributed by atoms with Gasteiger partial charge in [0.2, 0.25) is 5.95 Å². The van der Waals surface area contributed by atoms with Crippen molar-refractivity contribution in [1.29, 1.82) is 0 Å². The highest BCUT2D eigenvalue weighted by Crippen LogP contribution is 2.33. The molecular weight excluding hydrogens is 405 g/mol. The van der Waals surface area contributed by atoms with Gasteiger partial charge in [0.05, 0.1) is 18.9 Å². The molecule has 1 aliphatic heterocycles. The number of carbonyl (C=O) groups is 1. The van der Waals surface area contributed by atoms with Crippen LogP contribution in [0.25, 0.3) is 22.6 Å². The predicted octanol–water partition coefficient (Wildman–Crippen LogP) is 1.67. The van der Waals surface area contributed by atoms with E-state index >= 15 is 0 Å². The molecule has 0 aliphatic carbocycles. The lowest BCUT2D eigenvalue weighted by Gasteiger charge is -2.28. The summed E-state index contributed by atoms with van der Waals surface area (Å²) in [6, 6.07) is 6.18. The summed E-state index contributed by atoms with van der Waals surface area (Å²) in [5.41, 5.74) is 12.5. The Balaban J connectivity index is 1.84. The number of nitrogens with zero attached hydrogens (tertiary/aromatic N) is 5. The van der Waals surface area contributed by atoms with Gasteiger partial charge in [-0.2, -0.15) is 4.98 Å². The van der Waals surface area contributed by atoms with E-state index in [1.807, 2.05) is 4.90 Å². The van der Waals surface area contributed by atoms with Crippen molar-refractivity contribution < 1.29 is 18.7 Å². The first-order valence-corrected chi connectivity index (χ1v) is 9.50. The van der Waals surface area contributed by atoms with Crippen LogP contribution in [-0.4, -0.2) is 52.2 Å². The van der Waals surface area contributed by atoms with Crippen LogP contribution < -0.4 is 21.1 Å². The third kappa shape index (κ3) is 4.36. The van der Waals surface area contributed by atoms with Gasteiger partial charge in [0, 0.05) is 37.8 Å². The minimum absolute atomic E-state index is 0.0271. The van der Waals surface area contributed by atoms with Gasteiger partial charge in [-0.25, -0.2) is 19.3 Å². The number of morpholine rings is 1. The van der Waals surface area contributed by atoms with Crippen molar-refractivity contribution in [1.82, 2.24) is 19.9 Å². The molecule has 3 aromatic rings. The standard InChI is InChI=1S/C20H20FN7O3/c1-11(29)31-15-3-2-13(12-4-5-24-19(22)17(12)21)25-18(15)14-10-16(27-20(23)26-14)28-6-8-30-9-7-28/h2-5,10H,6-9H2,1H3,(H2,22,24)(H2,23,26,27). The highest BCUT2D eigenvalue weighted by Gasteiger charge is 2.20. The molecule has 1 fully saturated rings. The number of ether oxygens (including phenoxy) is 2. The second kappa shape index (κ2) is 8.48. The lowest BCUT2D eigenvalue weighted by molar-refractivity contribution is -0.131. The van der Waals surface area contributed by atoms with Crippen LogP contribution in [0.15, 0.2) is 30.5 Å². The fourth-order valence-electron chi connectivity index (χ4n) is 3.20. The molecule has 4 N–H and O–H groups in total. The fraction of sp³-hybridized carbons (Fsp3) is 0.250. The Morgan fingerprint density at radius 3 is 2.65 bits per heavy atom. The average Bonchev–Trinajstić information content (AvgIpc) is 2.76. The second-order valence-electron chi connectivity index (χ2n) is 6.76. The molecule has 0 atom stereocenters. The normalized spacial score (nSPS) is 13.8. The lowest BCUT2D eigenvalue weighted by Crippen LogP contribution is -2.36. The van der Waals surface area contributed by atoms with E-state index in [1.54, 1.807) is 6.07 Å². The van der Waals surface area contributed by atoms with Crippen molar-refractivity contribution in [3.05, 3.63) is 36.3 Å². The molecule has 4 heterocycles. The number of hydrogen-bond acceptors (Lipinski definition) is 10. The topological polar surface area (TPSA) is 142 Å². The fourth-order valence-corrected chi connectivity index (χ4v) is 3.20. The Morgan fingerprint density at radius 2 is 1.90 bits per heavy atom. The zero-order valence-electron chi connectivity index (χ0n) is 16.7. The molecule has 31 heavy (non-hydrogen) atoms. The summed E-state index contributed by atoms with van der Waals surface area (Å²) in [6.45, 7) is 3.68. The molecule has 3 aromatic heterocycles. The molecule has 0 spiro atoms. The van der Waals surface area contributed by atoms with E-state index in [1.165, 1.54) is 31.3 Å². The minimum Gasteiger partial charge on any atom is -0.424 e. The Labute approximate surface area is 177 Å². The third-order valence-electron chi connectivity index (χ3n) is 4.61. The van der Waals surface area contributed by atoms with E-state index < -0.39 is 11.8 Å². The second-order valence-corrected chi connectivity index (χ2v) is 6.76. The largest absolute Gasteiger partial charge is 0.424 e. The Morgan fingerprint density at radius 1 is 1.13 bits per heavy atom. The zero-order valence-corrected chi connectivity index (χ0v) is 16.7. The minimum atomic E-state index is -0.697. The molecule has 1 saturated heterocycles. The van der Waals surface area contributed by atoms with E-state index in [4.69, 9.17) is 20.9 Å². The van der Waals surface area contributed by atoms with Crippen LogP contribution in [0.1, 0.15) is 6.92 Å². The first-order chi connectivity index (χ1) is 14.9. The molecule has 11 heteroatoms. The van der Waals surface area contributed by atoms with Crippen molar-refractivity contribution in [2.75, 3.05) is 42.7 Å². The van der Waals surface area contributed by atoms with Crippen molar-refractivity contribution >= 4 is 23.6 Å². The third-order valence-corrected chi connectivity index (χ3v) is 4.61. The van der Waals surface area contributed by atoms with Crippen LogP contribution >= 0.6 is 0 Å². The Kier molecular flexibility index (Phi) is 5.58. The number of halogens is 1. The molecule has 10 nitrogen and oxygen atoms in total. The highest BCUT2D eigenvalue weighted by molar-refractivity contribution is 5.77. The SMILES string of the molecule is CC(=O)Oc1ccc(-c2ccnc(N)c2F)nc1-c1cc(N2CCOCC2)nc(N)n1. The molecule has 0 saturated carbocycles. The maximum Gasteiger partial charge on any atom is 0.308 e. The monoisotopic (exact) mass is 425 g/mol. The van der Waals surface area contributed by atoms with Gasteiger partial charge in [-0.3, -0.25) is 4.79 Å². The van der Waals surface area contributed by atoms with E-state index in [-0.39, 0.29) is 34.5 Å². The lowest BCUT2D eigenvalue weighted by atomic mass is 10.1. The maximum atomic E-state index is 14.5. The van der Waals surface area contributed by atoms with Crippen molar-refractivity contribution in [2.45, 2.75) is 6.92 Å². The summed E-state index contributed by atoms with van der Waals surface area (Å²) >= 11 is 0. The van der Waals surface area contributed by atoms with E-state index in [0.717, 1.165) is 0 Å². The molecule has 0 unspecified atom stereocenters. The van der Waals surface area contributed by atoms with E-state index in [9.17, 15) is 9.18 Å². The smallest absolute Gasteiger partial charge is 0.308 e. The number of nitrogens with two attached hydrogens (primary N) is 2. The van der Waals surface area contributed by atoms with Crippen LogP contribution in [0.5, 0.6) is 5.75 Å². The first kappa shape index (κ1) is 20.4. The number of rotatable bonds is 4. The van der Waals surface area contributed by atoms with Gasteiger partial charge in [0.25, 0.3) is 0 Å². The van der Waals surface area contributed by atoms with Gasteiger partial charge < -0.3 is 25.8 Å². The van der Waals surface area contributed by atoms with Crippen LogP contribution in [0.3, 0.4) is 0 Å². The number of esters is 1. The van der Waals surface area contributed by atoms with Crippen molar-refractivity contribution in [3.63, 3.8) is 0 Å². The highest BCUT2D eigenvalue weighted by atomic mass is 19.1. The van der Waals surface area contributed by atoms with Crippen LogP contribution in [0.2, 0.25) is 0 Å². The predicted molar refractivity (Wildman–Crippen MR) is 112 cm³/mol. The number of hydrogen-bond donors (Lipinski definition) is 2. The number of carbonyl (C=O) groups excluding carboxylic acids is 1. The molecule has 4 rings (SSSR count). The summed E-state index contributed by atoms with van der Waals surface area (Å²) in [5.74, 6) is -0.705. The van der Waals surface area contributed by atoms with Gasteiger partial charge in [-0.1, -0.05) is 0 Å². The molecule has 0 bridgehead atoms. The van der Waals surface area contributed by atoms with Crippen LogP contribution in [0.4, 0.5) is 22.0 Å². The molecule has 1 aliphatic rings. The van der Waals surface area contributed by atoms with Crippen molar-refractivity contribution in [2.24, 2.45) is 0 Å². The van der Waals surface area contributed by atoms with Crippen LogP contribution in [-0.2, 0) is 9.53 Å². The van der Waals surface area contributed by atoms with Gasteiger partial charge in [0.1, 0.15) is 17.2 Å². The number of anilines is 3. The van der Waals surface area contributed by atoms with Gasteiger partial charge in [0.15, 0.2) is 17.4 Å². The van der Waals surface area contributed by atoms with Crippen molar-refractivity contribution in [3.8, 4) is 28.4 Å². The average molecular weight is 425 g/mol. The summed E-state index contributed by atoms with van der Waals surface area (Å²) in [6.07, 6.45) is 1.38. The molecule has 0 aromatic carbocycles. The molecular formula is C20H20FN7O3. The Bertz CT molecular complexity index is 1140. The summed E-state index contributed by atoms with van der Waals surface area (Å²) < 4.78 is 25.2. The molecule has 0 radical (unpaired) electrons. The van der Waals surface area contributed by atoms with Gasteiger partial charge >= 0.3 is 5.97 Å². The number of pyridine rings is 2. The first-order valence-electron chi connectivity index (χ1n) is 9.50. The van der Waals surface area contributed by atoms with E-state index in [0.29, 0.717) is 37.8 Å². The van der Waals surface area contributed by atoms with Gasteiger partial charge in [-0.05, 0) is 18.2 Å². The number of nitrogen functional groups attached to an aromatic ring is 2. The zero-order chi connectivity index (χ0) is 22.0. The maximum absolute atomic E-state index is 14.5. The van der Waals surface area contributed by atoms with Crippen LogP contribution in [0, 0.1) is 5.82 Å². The summed E-state index contributed by atoms with van der Waals surface area (Å²) in [4.78, 5) is 30.4. The Hall–Kier alpha value is -3.86. The molecule has 160 valence electrons. The quantitative estimate of drug-likeness (QED) is 0.593. The van der Waals surface area contributed by atoms with E-state index in [2.05, 4.69) is 19.9 Å². The van der Waals surface area contributed by atoms with Gasteiger partial charge in [-0.15, -0.1) is 0 Å². The molecule has 0 amide bonds. The summed E-state index contributed by atoms with van der Waals surface area (Å²) in [5, 5.41) is 0. The number of aromatic nitrogens is 4. The summed E-state index contributed by atoms with van der Waals surface area (Å²) in [7, 11) is 0.